The number of aliphatic imine (C=N–C) groups is 1. The molecule has 0 saturated heterocycles. The van der Waals surface area contributed by atoms with Crippen LogP contribution in [0.15, 0.2) is 53.5 Å². The molecule has 0 bridgehead atoms. The maximum Gasteiger partial charge on any atom is 0.323 e. The fourth-order valence-corrected chi connectivity index (χ4v) is 3.08. The minimum absolute atomic E-state index is 0.000695. The van der Waals surface area contributed by atoms with Crippen molar-refractivity contribution in [1.82, 2.24) is 15.1 Å². The Bertz CT molecular complexity index is 1030. The summed E-state index contributed by atoms with van der Waals surface area (Å²) in [7, 11) is 1.49. The molecule has 2 aromatic carbocycles. The molecule has 0 spiro atoms. The van der Waals surface area contributed by atoms with Gasteiger partial charge in [0.05, 0.1) is 24.3 Å². The number of amides is 3. The summed E-state index contributed by atoms with van der Waals surface area (Å²) in [4.78, 5) is 43.0. The minimum atomic E-state index is -1.00. The number of hydrogen-bond acceptors (Lipinski definition) is 5. The number of aryl methyl sites for hydroxylation is 1. The molecule has 2 aromatic rings. The van der Waals surface area contributed by atoms with Gasteiger partial charge < -0.3 is 14.7 Å². The fourth-order valence-electron chi connectivity index (χ4n) is 3.08. The second kappa shape index (κ2) is 11.3. The molecule has 3 rings (SSSR count). The molecule has 1 aliphatic carbocycles. The number of guanidine groups is 1. The van der Waals surface area contributed by atoms with Crippen LogP contribution < -0.4 is 10.1 Å². The third kappa shape index (κ3) is 7.33. The smallest absolute Gasteiger partial charge is 0.323 e. The van der Waals surface area contributed by atoms with Crippen LogP contribution in [0, 0.1) is 12.8 Å². The Balaban J connectivity index is 1.82. The lowest BCUT2D eigenvalue weighted by Crippen LogP contribution is -2.49. The number of carboxylic acid groups (broad SMARTS) is 1. The first-order valence-electron chi connectivity index (χ1n) is 11.1. The van der Waals surface area contributed by atoms with Crippen LogP contribution in [-0.2, 0) is 16.1 Å². The van der Waals surface area contributed by atoms with Crippen molar-refractivity contribution >= 4 is 30.1 Å². The standard InChI is InChI=1S/C25H30N4O5/c1-17-4-6-19(7-5-17)15-29(16-30)24(27-25(33)28(3)14-18(2)23(31)32)26-20-8-10-21(11-9-20)34-22-12-13-22/h4-11,16,18,22H,12-15H2,1-3H3,(H,31,32)(H,26,27,33). The molecule has 1 atom stereocenters. The average molecular weight is 467 g/mol. The van der Waals surface area contributed by atoms with E-state index in [0.29, 0.717) is 12.1 Å². The highest BCUT2D eigenvalue weighted by molar-refractivity contribution is 6.01. The van der Waals surface area contributed by atoms with E-state index in [2.05, 4.69) is 10.3 Å². The molecule has 2 N–H and O–H groups in total. The largest absolute Gasteiger partial charge is 0.490 e. The summed E-state index contributed by atoms with van der Waals surface area (Å²) in [5.41, 5.74) is 2.47. The van der Waals surface area contributed by atoms with Crippen molar-refractivity contribution in [1.29, 1.82) is 0 Å². The number of carbonyl (C=O) groups excluding carboxylic acids is 2. The third-order valence-corrected chi connectivity index (χ3v) is 5.31. The summed E-state index contributed by atoms with van der Waals surface area (Å²) in [5, 5.41) is 11.8. The highest BCUT2D eigenvalue weighted by Gasteiger charge is 2.23. The number of benzene rings is 2. The number of rotatable bonds is 9. The second-order valence-corrected chi connectivity index (χ2v) is 8.52. The molecule has 0 radical (unpaired) electrons. The van der Waals surface area contributed by atoms with Crippen molar-refractivity contribution in [3.8, 4) is 5.75 Å². The number of urea groups is 1. The molecule has 1 aliphatic rings. The molecule has 0 heterocycles. The first kappa shape index (κ1) is 24.8. The monoisotopic (exact) mass is 466 g/mol. The molecule has 0 aliphatic heterocycles. The number of nitrogens with zero attached hydrogens (tertiary/aromatic N) is 3. The molecule has 1 saturated carbocycles. The molecule has 1 unspecified atom stereocenters. The van der Waals surface area contributed by atoms with Gasteiger partial charge in [-0.15, -0.1) is 0 Å². The Morgan fingerprint density at radius 2 is 1.82 bits per heavy atom. The van der Waals surface area contributed by atoms with Gasteiger partial charge in [-0.1, -0.05) is 36.8 Å². The predicted molar refractivity (Wildman–Crippen MR) is 128 cm³/mol. The van der Waals surface area contributed by atoms with Crippen molar-refractivity contribution in [3.05, 3.63) is 59.7 Å². The summed E-state index contributed by atoms with van der Waals surface area (Å²) in [6.07, 6.45) is 2.98. The maximum absolute atomic E-state index is 12.8. The van der Waals surface area contributed by atoms with Gasteiger partial charge in [0.1, 0.15) is 5.75 Å². The lowest BCUT2D eigenvalue weighted by Gasteiger charge is -2.24. The molecular weight excluding hydrogens is 436 g/mol. The zero-order chi connectivity index (χ0) is 24.7. The molecule has 9 heteroatoms. The van der Waals surface area contributed by atoms with Crippen LogP contribution in [0.1, 0.15) is 30.9 Å². The number of aliphatic carboxylic acids is 1. The quantitative estimate of drug-likeness (QED) is 0.334. The molecule has 34 heavy (non-hydrogen) atoms. The van der Waals surface area contributed by atoms with Crippen molar-refractivity contribution in [2.45, 2.75) is 39.3 Å². The summed E-state index contributed by atoms with van der Waals surface area (Å²) >= 11 is 0. The van der Waals surface area contributed by atoms with Gasteiger partial charge in [0.2, 0.25) is 12.4 Å². The Labute approximate surface area is 199 Å². The van der Waals surface area contributed by atoms with E-state index >= 15 is 0 Å². The van der Waals surface area contributed by atoms with Crippen LogP contribution in [0.5, 0.6) is 5.75 Å². The average Bonchev–Trinajstić information content (AvgIpc) is 3.63. The molecule has 0 aromatic heterocycles. The zero-order valence-electron chi connectivity index (χ0n) is 19.6. The Morgan fingerprint density at radius 1 is 1.18 bits per heavy atom. The number of hydrogen-bond donors (Lipinski definition) is 2. The summed E-state index contributed by atoms with van der Waals surface area (Å²) in [5.74, 6) is -0.978. The van der Waals surface area contributed by atoms with Crippen LogP contribution in [0.25, 0.3) is 0 Å². The topological polar surface area (TPSA) is 112 Å². The van der Waals surface area contributed by atoms with Crippen molar-refractivity contribution < 1.29 is 24.2 Å². The Morgan fingerprint density at radius 3 is 2.38 bits per heavy atom. The number of carbonyl (C=O) groups is 3. The van der Waals surface area contributed by atoms with E-state index in [9.17, 15) is 14.4 Å². The van der Waals surface area contributed by atoms with Crippen LogP contribution >= 0.6 is 0 Å². The van der Waals surface area contributed by atoms with Gasteiger partial charge in [0, 0.05) is 13.6 Å². The van der Waals surface area contributed by atoms with Gasteiger partial charge in [0.15, 0.2) is 0 Å². The molecule has 3 amide bonds. The first-order chi connectivity index (χ1) is 16.2. The lowest BCUT2D eigenvalue weighted by atomic mass is 10.1. The van der Waals surface area contributed by atoms with E-state index < -0.39 is 17.9 Å². The van der Waals surface area contributed by atoms with Crippen molar-refractivity contribution in [2.24, 2.45) is 10.9 Å². The van der Waals surface area contributed by atoms with E-state index in [4.69, 9.17) is 9.84 Å². The second-order valence-electron chi connectivity index (χ2n) is 8.52. The van der Waals surface area contributed by atoms with E-state index in [1.165, 1.54) is 23.8 Å². The minimum Gasteiger partial charge on any atom is -0.490 e. The lowest BCUT2D eigenvalue weighted by molar-refractivity contribution is -0.141. The summed E-state index contributed by atoms with van der Waals surface area (Å²) in [6, 6.07) is 14.2. The molecule has 180 valence electrons. The predicted octanol–water partition coefficient (Wildman–Crippen LogP) is 3.54. The first-order valence-corrected chi connectivity index (χ1v) is 11.1. The number of nitrogens with one attached hydrogen (secondary N) is 1. The van der Waals surface area contributed by atoms with Crippen molar-refractivity contribution in [3.63, 3.8) is 0 Å². The molecular formula is C25H30N4O5. The fraction of sp³-hybridized carbons (Fsp3) is 0.360. The van der Waals surface area contributed by atoms with Gasteiger partial charge in [0.25, 0.3) is 0 Å². The Hall–Kier alpha value is -3.88. The summed E-state index contributed by atoms with van der Waals surface area (Å²) in [6.45, 7) is 3.68. The van der Waals surface area contributed by atoms with Gasteiger partial charge in [-0.2, -0.15) is 0 Å². The van der Waals surface area contributed by atoms with Gasteiger partial charge >= 0.3 is 12.0 Å². The van der Waals surface area contributed by atoms with Gasteiger partial charge in [-0.05, 0) is 49.6 Å². The van der Waals surface area contributed by atoms with Crippen LogP contribution in [0.4, 0.5) is 10.5 Å². The van der Waals surface area contributed by atoms with Gasteiger partial charge in [-0.25, -0.2) is 9.79 Å². The van der Waals surface area contributed by atoms with Crippen LogP contribution in [0.3, 0.4) is 0 Å². The molecule has 1 fully saturated rings. The zero-order valence-corrected chi connectivity index (χ0v) is 19.6. The molecule has 9 nitrogen and oxygen atoms in total. The number of ether oxygens (including phenoxy) is 1. The van der Waals surface area contributed by atoms with E-state index in [-0.39, 0.29) is 25.2 Å². The van der Waals surface area contributed by atoms with Crippen LogP contribution in [-0.4, -0.2) is 59.0 Å². The van der Waals surface area contributed by atoms with E-state index in [0.717, 1.165) is 29.7 Å². The summed E-state index contributed by atoms with van der Waals surface area (Å²) < 4.78 is 5.76. The van der Waals surface area contributed by atoms with E-state index in [1.54, 1.807) is 24.3 Å². The van der Waals surface area contributed by atoms with Crippen molar-refractivity contribution in [2.75, 3.05) is 13.6 Å². The normalized spacial score (nSPS) is 14.1. The maximum atomic E-state index is 12.8. The number of carboxylic acids is 1. The SMILES string of the molecule is Cc1ccc(CN(C=O)C(=Nc2ccc(OC3CC3)cc2)NC(=O)N(C)CC(C)C(=O)O)cc1. The highest BCUT2D eigenvalue weighted by Crippen LogP contribution is 2.28. The van der Waals surface area contributed by atoms with Gasteiger partial charge in [-0.3, -0.25) is 19.8 Å². The highest BCUT2D eigenvalue weighted by atomic mass is 16.5. The Kier molecular flexibility index (Phi) is 8.24. The van der Waals surface area contributed by atoms with Crippen LogP contribution in [0.2, 0.25) is 0 Å². The van der Waals surface area contributed by atoms with E-state index in [1.807, 2.05) is 31.2 Å². The third-order valence-electron chi connectivity index (χ3n) is 5.31.